The third-order valence-electron chi connectivity index (χ3n) is 4.42. The Morgan fingerprint density at radius 3 is 2.26 bits per heavy atom. The predicted octanol–water partition coefficient (Wildman–Crippen LogP) is 4.95. The molecule has 0 aliphatic rings. The van der Waals surface area contributed by atoms with Crippen LogP contribution in [0.15, 0.2) is 73.1 Å². The average molecular weight is 452 g/mol. The Morgan fingerprint density at radius 2 is 1.52 bits per heavy atom. The summed E-state index contributed by atoms with van der Waals surface area (Å²) in [5, 5.41) is 3.99. The van der Waals surface area contributed by atoms with E-state index < -0.39 is 5.91 Å². The van der Waals surface area contributed by atoms with Crippen LogP contribution in [0, 0.1) is 0 Å². The van der Waals surface area contributed by atoms with Crippen molar-refractivity contribution >= 4 is 57.3 Å². The van der Waals surface area contributed by atoms with E-state index in [9.17, 15) is 9.59 Å². The van der Waals surface area contributed by atoms with Crippen molar-refractivity contribution < 1.29 is 9.59 Å². The van der Waals surface area contributed by atoms with E-state index in [1.807, 2.05) is 6.07 Å². The highest BCUT2D eigenvalue weighted by atomic mass is 35.5. The first-order valence-electron chi connectivity index (χ1n) is 9.15. The summed E-state index contributed by atoms with van der Waals surface area (Å²) in [4.78, 5) is 33.4. The molecule has 7 nitrogen and oxygen atoms in total. The molecular formula is C22H15Cl2N5O2. The van der Waals surface area contributed by atoms with Gasteiger partial charge in [0.15, 0.2) is 0 Å². The maximum atomic E-state index is 12.8. The standard InChI is InChI=1S/C22H15Cl2N5O2/c23-14-6-4-7-15(24)19(14)22(31)27-17-9-3-5-13-16(10-12-26-20(13)17)28-29-21(30)18-8-1-2-11-25-18/h1-12H,(H,26,28)(H,27,31)(H,29,30). The van der Waals surface area contributed by atoms with Gasteiger partial charge in [0.2, 0.25) is 0 Å². The number of hydrazine groups is 1. The van der Waals surface area contributed by atoms with Gasteiger partial charge in [-0.05, 0) is 36.4 Å². The number of rotatable bonds is 5. The molecule has 0 aliphatic heterocycles. The van der Waals surface area contributed by atoms with Crippen molar-refractivity contribution in [1.29, 1.82) is 0 Å². The zero-order valence-electron chi connectivity index (χ0n) is 15.9. The summed E-state index contributed by atoms with van der Waals surface area (Å²) < 4.78 is 0. The van der Waals surface area contributed by atoms with Gasteiger partial charge in [-0.1, -0.05) is 47.5 Å². The number of hydrogen-bond acceptors (Lipinski definition) is 5. The molecule has 154 valence electrons. The number of hydrogen-bond donors (Lipinski definition) is 3. The van der Waals surface area contributed by atoms with E-state index in [1.165, 1.54) is 6.20 Å². The molecule has 0 saturated carbocycles. The summed E-state index contributed by atoms with van der Waals surface area (Å²) in [6.45, 7) is 0. The first kappa shape index (κ1) is 20.6. The molecule has 2 heterocycles. The Bertz CT molecular complexity index is 1260. The van der Waals surface area contributed by atoms with Crippen LogP contribution >= 0.6 is 23.2 Å². The molecule has 0 bridgehead atoms. The van der Waals surface area contributed by atoms with E-state index in [4.69, 9.17) is 23.2 Å². The molecule has 2 aromatic carbocycles. The van der Waals surface area contributed by atoms with Crippen LogP contribution in [0.25, 0.3) is 10.9 Å². The summed E-state index contributed by atoms with van der Waals surface area (Å²) in [5.41, 5.74) is 7.54. The monoisotopic (exact) mass is 451 g/mol. The first-order chi connectivity index (χ1) is 15.0. The number of amides is 2. The molecule has 3 N–H and O–H groups in total. The van der Waals surface area contributed by atoms with E-state index in [0.29, 0.717) is 22.3 Å². The van der Waals surface area contributed by atoms with Crippen LogP contribution in [0.2, 0.25) is 10.0 Å². The van der Waals surface area contributed by atoms with Crippen LogP contribution in [-0.4, -0.2) is 21.8 Å². The molecular weight excluding hydrogens is 437 g/mol. The number of halogens is 2. The summed E-state index contributed by atoms with van der Waals surface area (Å²) in [6.07, 6.45) is 3.10. The van der Waals surface area contributed by atoms with Crippen molar-refractivity contribution in [3.63, 3.8) is 0 Å². The highest BCUT2D eigenvalue weighted by molar-refractivity contribution is 6.40. The highest BCUT2D eigenvalue weighted by Crippen LogP contribution is 2.29. The normalized spacial score (nSPS) is 10.5. The summed E-state index contributed by atoms with van der Waals surface area (Å²) in [7, 11) is 0. The van der Waals surface area contributed by atoms with Gasteiger partial charge in [-0.3, -0.25) is 30.4 Å². The van der Waals surface area contributed by atoms with Crippen molar-refractivity contribution in [2.45, 2.75) is 0 Å². The second-order valence-corrected chi connectivity index (χ2v) is 7.22. The lowest BCUT2D eigenvalue weighted by Crippen LogP contribution is -2.30. The maximum Gasteiger partial charge on any atom is 0.288 e. The van der Waals surface area contributed by atoms with Crippen LogP contribution in [-0.2, 0) is 0 Å². The number of aromatic nitrogens is 2. The summed E-state index contributed by atoms with van der Waals surface area (Å²) >= 11 is 12.3. The number of fused-ring (bicyclic) bond motifs is 1. The number of carbonyl (C=O) groups excluding carboxylic acids is 2. The van der Waals surface area contributed by atoms with Gasteiger partial charge in [-0.15, -0.1) is 0 Å². The van der Waals surface area contributed by atoms with Crippen molar-refractivity contribution in [1.82, 2.24) is 15.4 Å². The van der Waals surface area contributed by atoms with Crippen LogP contribution in [0.1, 0.15) is 20.8 Å². The van der Waals surface area contributed by atoms with Gasteiger partial charge in [0.25, 0.3) is 11.8 Å². The highest BCUT2D eigenvalue weighted by Gasteiger charge is 2.16. The number of para-hydroxylation sites is 1. The third-order valence-corrected chi connectivity index (χ3v) is 5.05. The van der Waals surface area contributed by atoms with E-state index in [1.54, 1.807) is 60.8 Å². The third kappa shape index (κ3) is 4.42. The van der Waals surface area contributed by atoms with E-state index >= 15 is 0 Å². The first-order valence-corrected chi connectivity index (χ1v) is 9.90. The Kier molecular flexibility index (Phi) is 5.97. The van der Waals surface area contributed by atoms with Crippen LogP contribution in [0.5, 0.6) is 0 Å². The minimum absolute atomic E-state index is 0.180. The lowest BCUT2D eigenvalue weighted by molar-refractivity contribution is 0.0957. The molecule has 0 atom stereocenters. The fraction of sp³-hybridized carbons (Fsp3) is 0. The Hall–Kier alpha value is -3.68. The molecule has 0 fully saturated rings. The zero-order chi connectivity index (χ0) is 21.8. The smallest absolute Gasteiger partial charge is 0.288 e. The van der Waals surface area contributed by atoms with Crippen LogP contribution in [0.3, 0.4) is 0 Å². The minimum atomic E-state index is -0.452. The quantitative estimate of drug-likeness (QED) is 0.373. The Balaban J connectivity index is 1.59. The summed E-state index contributed by atoms with van der Waals surface area (Å²) in [6, 6.07) is 16.9. The average Bonchev–Trinajstić information content (AvgIpc) is 2.78. The molecule has 0 unspecified atom stereocenters. The van der Waals surface area contributed by atoms with Crippen molar-refractivity contribution in [2.24, 2.45) is 0 Å². The SMILES string of the molecule is O=C(NNc1ccnc2c(NC(=O)c3c(Cl)cccc3Cl)cccc12)c1ccccn1. The van der Waals surface area contributed by atoms with Gasteiger partial charge in [0.05, 0.1) is 32.5 Å². The van der Waals surface area contributed by atoms with Crippen LogP contribution in [0.4, 0.5) is 11.4 Å². The number of carbonyl (C=O) groups is 2. The zero-order valence-corrected chi connectivity index (χ0v) is 17.4. The predicted molar refractivity (Wildman–Crippen MR) is 121 cm³/mol. The van der Waals surface area contributed by atoms with Crippen molar-refractivity contribution in [2.75, 3.05) is 10.7 Å². The van der Waals surface area contributed by atoms with Gasteiger partial charge in [-0.2, -0.15) is 0 Å². The topological polar surface area (TPSA) is 96.0 Å². The van der Waals surface area contributed by atoms with Gasteiger partial charge in [0.1, 0.15) is 5.69 Å². The number of nitrogens with one attached hydrogen (secondary N) is 3. The molecule has 0 saturated heterocycles. The summed E-state index contributed by atoms with van der Waals surface area (Å²) in [5.74, 6) is -0.838. The second kappa shape index (κ2) is 8.99. The fourth-order valence-corrected chi connectivity index (χ4v) is 3.54. The Labute approximate surface area is 187 Å². The molecule has 31 heavy (non-hydrogen) atoms. The number of pyridine rings is 2. The number of anilines is 2. The Morgan fingerprint density at radius 1 is 0.742 bits per heavy atom. The van der Waals surface area contributed by atoms with Gasteiger partial charge in [0, 0.05) is 17.8 Å². The lowest BCUT2D eigenvalue weighted by Gasteiger charge is -2.13. The van der Waals surface area contributed by atoms with Gasteiger partial charge >= 0.3 is 0 Å². The van der Waals surface area contributed by atoms with E-state index in [-0.39, 0.29) is 27.2 Å². The second-order valence-electron chi connectivity index (χ2n) is 6.41. The van der Waals surface area contributed by atoms with E-state index in [0.717, 1.165) is 0 Å². The van der Waals surface area contributed by atoms with E-state index in [2.05, 4.69) is 26.1 Å². The minimum Gasteiger partial charge on any atom is -0.320 e. The molecule has 0 radical (unpaired) electrons. The molecule has 9 heteroatoms. The number of benzene rings is 2. The lowest BCUT2D eigenvalue weighted by atomic mass is 10.1. The molecule has 0 spiro atoms. The maximum absolute atomic E-state index is 12.8. The van der Waals surface area contributed by atoms with Crippen molar-refractivity contribution in [3.05, 3.63) is 94.4 Å². The molecule has 4 rings (SSSR count). The fourth-order valence-electron chi connectivity index (χ4n) is 2.97. The molecule has 0 aliphatic carbocycles. The van der Waals surface area contributed by atoms with Gasteiger partial charge < -0.3 is 5.32 Å². The molecule has 2 aromatic heterocycles. The van der Waals surface area contributed by atoms with Gasteiger partial charge in [-0.25, -0.2) is 0 Å². The largest absolute Gasteiger partial charge is 0.320 e. The number of nitrogens with zero attached hydrogens (tertiary/aromatic N) is 2. The van der Waals surface area contributed by atoms with Crippen molar-refractivity contribution in [3.8, 4) is 0 Å². The molecule has 2 amide bonds. The van der Waals surface area contributed by atoms with Crippen LogP contribution < -0.4 is 16.2 Å². The molecule has 4 aromatic rings.